The smallest absolute Gasteiger partial charge is 0.330 e. The molecule has 8 heteroatoms. The Kier molecular flexibility index (Phi) is 7.87. The molecule has 136 valence electrons. The lowest BCUT2D eigenvalue weighted by molar-refractivity contribution is -0.159. The average molecular weight is 344 g/mol. The van der Waals surface area contributed by atoms with Gasteiger partial charge in [-0.2, -0.15) is 0 Å². The lowest BCUT2D eigenvalue weighted by atomic mass is 10.1. The van der Waals surface area contributed by atoms with Crippen LogP contribution in [0.1, 0.15) is 40.0 Å². The molecule has 5 atom stereocenters. The number of esters is 3. The second-order valence-corrected chi connectivity index (χ2v) is 5.80. The Labute approximate surface area is 140 Å². The molecule has 0 bridgehead atoms. The van der Waals surface area contributed by atoms with Crippen LogP contribution in [0.4, 0.5) is 0 Å². The van der Waals surface area contributed by atoms with Crippen LogP contribution in [0, 0.1) is 0 Å². The summed E-state index contributed by atoms with van der Waals surface area (Å²) in [7, 11) is 0. The highest BCUT2D eigenvalue weighted by Crippen LogP contribution is 2.12. The topological polar surface area (TPSA) is 119 Å². The van der Waals surface area contributed by atoms with E-state index < -0.39 is 48.4 Å². The number of hydrogen-bond donors (Lipinski definition) is 2. The van der Waals surface area contributed by atoms with E-state index in [0.29, 0.717) is 0 Å². The third-order valence-corrected chi connectivity index (χ3v) is 3.50. The van der Waals surface area contributed by atoms with E-state index >= 15 is 0 Å². The summed E-state index contributed by atoms with van der Waals surface area (Å²) in [6.45, 7) is 4.51. The van der Waals surface area contributed by atoms with E-state index in [1.165, 1.54) is 20.8 Å². The molecule has 0 aromatic carbocycles. The van der Waals surface area contributed by atoms with Crippen molar-refractivity contribution in [3.63, 3.8) is 0 Å². The zero-order valence-electron chi connectivity index (χ0n) is 14.0. The Bertz CT molecular complexity index is 486. The van der Waals surface area contributed by atoms with Crippen LogP contribution in [-0.2, 0) is 28.6 Å². The second kappa shape index (κ2) is 9.39. The highest BCUT2D eigenvalue weighted by Gasteiger charge is 2.24. The number of cyclic esters (lactones) is 3. The number of hydrogen-bond acceptors (Lipinski definition) is 8. The highest BCUT2D eigenvalue weighted by molar-refractivity contribution is 5.82. The first-order chi connectivity index (χ1) is 11.2. The number of carbonyl (C=O) groups is 3. The summed E-state index contributed by atoms with van der Waals surface area (Å²) in [4.78, 5) is 35.0. The minimum atomic E-state index is -1.18. The molecule has 1 rings (SSSR count). The highest BCUT2D eigenvalue weighted by atomic mass is 16.6. The second-order valence-electron chi connectivity index (χ2n) is 5.80. The van der Waals surface area contributed by atoms with Crippen molar-refractivity contribution in [2.75, 3.05) is 0 Å². The summed E-state index contributed by atoms with van der Waals surface area (Å²) in [6.07, 6.45) is -2.67. The molecule has 0 unspecified atom stereocenters. The van der Waals surface area contributed by atoms with Gasteiger partial charge in [-0.1, -0.05) is 0 Å². The van der Waals surface area contributed by atoms with Crippen molar-refractivity contribution in [2.24, 2.45) is 0 Å². The van der Waals surface area contributed by atoms with Gasteiger partial charge in [0, 0.05) is 12.5 Å². The van der Waals surface area contributed by atoms with Crippen LogP contribution in [0.25, 0.3) is 0 Å². The van der Waals surface area contributed by atoms with Gasteiger partial charge in [0.25, 0.3) is 0 Å². The normalized spacial score (nSPS) is 35.5. The summed E-state index contributed by atoms with van der Waals surface area (Å²) in [6, 6.07) is 0. The fraction of sp³-hybridized carbons (Fsp3) is 0.688. The summed E-state index contributed by atoms with van der Waals surface area (Å²) in [5.41, 5.74) is 0. The Morgan fingerprint density at radius 1 is 0.958 bits per heavy atom. The molecule has 8 nitrogen and oxygen atoms in total. The van der Waals surface area contributed by atoms with Crippen LogP contribution in [0.5, 0.6) is 0 Å². The predicted molar refractivity (Wildman–Crippen MR) is 81.7 cm³/mol. The maximum atomic E-state index is 11.7. The van der Waals surface area contributed by atoms with Crippen molar-refractivity contribution >= 4 is 17.9 Å². The molecule has 0 radical (unpaired) electrons. The quantitative estimate of drug-likeness (QED) is 0.474. The molecule has 0 amide bonds. The third kappa shape index (κ3) is 7.10. The van der Waals surface area contributed by atoms with Crippen molar-refractivity contribution in [3.8, 4) is 0 Å². The molecular formula is C16H24O8. The molecule has 0 spiro atoms. The van der Waals surface area contributed by atoms with Crippen LogP contribution in [0.2, 0.25) is 0 Å². The molecule has 0 aliphatic carbocycles. The minimum absolute atomic E-state index is 0.0521. The lowest BCUT2D eigenvalue weighted by Gasteiger charge is -2.21. The lowest BCUT2D eigenvalue weighted by Crippen LogP contribution is -2.32. The van der Waals surface area contributed by atoms with Gasteiger partial charge in [-0.15, -0.1) is 0 Å². The minimum Gasteiger partial charge on any atom is -0.460 e. The Balaban J connectivity index is 2.83. The third-order valence-electron chi connectivity index (χ3n) is 3.50. The molecule has 1 aliphatic rings. The molecule has 0 saturated heterocycles. The molecular weight excluding hydrogens is 320 g/mol. The number of ether oxygens (including phenoxy) is 3. The Morgan fingerprint density at radius 2 is 1.58 bits per heavy atom. The Hall–Kier alpha value is -1.93. The van der Waals surface area contributed by atoms with E-state index in [-0.39, 0.29) is 19.3 Å². The predicted octanol–water partition coefficient (Wildman–Crippen LogP) is 0.243. The van der Waals surface area contributed by atoms with Gasteiger partial charge in [0.1, 0.15) is 24.4 Å². The van der Waals surface area contributed by atoms with Crippen molar-refractivity contribution < 1.29 is 38.8 Å². The maximum absolute atomic E-state index is 11.7. The molecule has 1 heterocycles. The summed E-state index contributed by atoms with van der Waals surface area (Å²) in [5.74, 6) is -1.99. The van der Waals surface area contributed by atoms with Gasteiger partial charge in [0.15, 0.2) is 0 Å². The van der Waals surface area contributed by atoms with Gasteiger partial charge in [0.2, 0.25) is 0 Å². The number of aliphatic hydroxyl groups excluding tert-OH is 2. The molecule has 1 aliphatic heterocycles. The van der Waals surface area contributed by atoms with Crippen molar-refractivity contribution in [1.29, 1.82) is 0 Å². The molecule has 0 saturated carbocycles. The standard InChI is InChI=1S/C16H24O8/c1-9-8-16(21)24-11(3)13(18)5-7-15(20)23-10(2)12(17)4-6-14(19)22-9/h4,6,9-13,17-18H,5,7-8H2,1-3H3/b6-4+/t9-,10+,11+,12-,13-/m1/s1. The van der Waals surface area contributed by atoms with Crippen LogP contribution in [-0.4, -0.2) is 58.6 Å². The van der Waals surface area contributed by atoms with Crippen LogP contribution >= 0.6 is 0 Å². The van der Waals surface area contributed by atoms with Gasteiger partial charge in [-0.25, -0.2) is 4.79 Å². The van der Waals surface area contributed by atoms with E-state index in [2.05, 4.69) is 0 Å². The summed E-state index contributed by atoms with van der Waals surface area (Å²) < 4.78 is 15.0. The number of aliphatic hydroxyl groups is 2. The van der Waals surface area contributed by atoms with Gasteiger partial charge in [-0.3, -0.25) is 9.59 Å². The van der Waals surface area contributed by atoms with E-state index in [4.69, 9.17) is 14.2 Å². The SMILES string of the molecule is C[C@@H]1CC(=O)O[C@@H](C)[C@H](O)CCC(=O)O[C@@H](C)[C@H](O)/C=C/C(=O)O1. The molecule has 0 aromatic rings. The first kappa shape index (κ1) is 20.1. The van der Waals surface area contributed by atoms with Crippen molar-refractivity contribution in [2.45, 2.75) is 70.6 Å². The fourth-order valence-corrected chi connectivity index (χ4v) is 2.02. The first-order valence-corrected chi connectivity index (χ1v) is 7.83. The monoisotopic (exact) mass is 344 g/mol. The van der Waals surface area contributed by atoms with Crippen molar-refractivity contribution in [1.82, 2.24) is 0 Å². The summed E-state index contributed by atoms with van der Waals surface area (Å²) in [5, 5.41) is 19.7. The first-order valence-electron chi connectivity index (χ1n) is 7.83. The van der Waals surface area contributed by atoms with Gasteiger partial charge >= 0.3 is 17.9 Å². The van der Waals surface area contributed by atoms with Crippen molar-refractivity contribution in [3.05, 3.63) is 12.2 Å². The van der Waals surface area contributed by atoms with Gasteiger partial charge in [0.05, 0.1) is 12.5 Å². The van der Waals surface area contributed by atoms with Crippen LogP contribution in [0.3, 0.4) is 0 Å². The van der Waals surface area contributed by atoms with E-state index in [1.807, 2.05) is 0 Å². The maximum Gasteiger partial charge on any atom is 0.330 e. The van der Waals surface area contributed by atoms with Crippen LogP contribution in [0.15, 0.2) is 12.2 Å². The number of rotatable bonds is 0. The zero-order chi connectivity index (χ0) is 18.3. The number of carbonyl (C=O) groups excluding carboxylic acids is 3. The fourth-order valence-electron chi connectivity index (χ4n) is 2.02. The molecule has 2 N–H and O–H groups in total. The van der Waals surface area contributed by atoms with Gasteiger partial charge < -0.3 is 24.4 Å². The van der Waals surface area contributed by atoms with E-state index in [0.717, 1.165) is 12.2 Å². The van der Waals surface area contributed by atoms with E-state index in [1.54, 1.807) is 0 Å². The van der Waals surface area contributed by atoms with E-state index in [9.17, 15) is 24.6 Å². The average Bonchev–Trinajstić information content (AvgIpc) is 2.48. The summed E-state index contributed by atoms with van der Waals surface area (Å²) >= 11 is 0. The molecule has 0 aromatic heterocycles. The molecule has 24 heavy (non-hydrogen) atoms. The largest absolute Gasteiger partial charge is 0.460 e. The van der Waals surface area contributed by atoms with Crippen LogP contribution < -0.4 is 0 Å². The molecule has 0 fully saturated rings. The Morgan fingerprint density at radius 3 is 2.25 bits per heavy atom. The van der Waals surface area contributed by atoms with Gasteiger partial charge in [-0.05, 0) is 33.3 Å². The zero-order valence-corrected chi connectivity index (χ0v) is 14.0.